The SMILES string of the molecule is CC(C)NCC1(CN(C)CC(F)(F)F)CCCC1. The molecule has 1 saturated carbocycles. The molecular formula is C13H25F3N2. The highest BCUT2D eigenvalue weighted by molar-refractivity contribution is 4.89. The molecule has 1 aliphatic rings. The smallest absolute Gasteiger partial charge is 0.314 e. The molecule has 0 atom stereocenters. The number of rotatable bonds is 6. The van der Waals surface area contributed by atoms with E-state index in [2.05, 4.69) is 19.2 Å². The van der Waals surface area contributed by atoms with E-state index in [1.165, 1.54) is 4.90 Å². The van der Waals surface area contributed by atoms with Crippen molar-refractivity contribution in [2.45, 2.75) is 51.7 Å². The summed E-state index contributed by atoms with van der Waals surface area (Å²) in [5, 5.41) is 3.39. The number of alkyl halides is 3. The Hall–Kier alpha value is -0.290. The number of hydrogen-bond acceptors (Lipinski definition) is 2. The van der Waals surface area contributed by atoms with E-state index >= 15 is 0 Å². The number of nitrogens with zero attached hydrogens (tertiary/aromatic N) is 1. The van der Waals surface area contributed by atoms with Gasteiger partial charge in [-0.15, -0.1) is 0 Å². The molecule has 0 aromatic carbocycles. The van der Waals surface area contributed by atoms with E-state index in [-0.39, 0.29) is 5.41 Å². The van der Waals surface area contributed by atoms with E-state index in [1.807, 2.05) is 0 Å². The van der Waals surface area contributed by atoms with E-state index in [9.17, 15) is 13.2 Å². The van der Waals surface area contributed by atoms with Gasteiger partial charge in [0.1, 0.15) is 0 Å². The average molecular weight is 266 g/mol. The van der Waals surface area contributed by atoms with Crippen LogP contribution in [0.25, 0.3) is 0 Å². The highest BCUT2D eigenvalue weighted by Gasteiger charge is 2.37. The topological polar surface area (TPSA) is 15.3 Å². The molecular weight excluding hydrogens is 241 g/mol. The Morgan fingerprint density at radius 2 is 1.78 bits per heavy atom. The minimum atomic E-state index is -4.10. The van der Waals surface area contributed by atoms with Gasteiger partial charge in [-0.05, 0) is 25.3 Å². The van der Waals surface area contributed by atoms with Gasteiger partial charge in [0.2, 0.25) is 0 Å². The fraction of sp³-hybridized carbons (Fsp3) is 1.00. The molecule has 0 saturated heterocycles. The van der Waals surface area contributed by atoms with E-state index in [1.54, 1.807) is 7.05 Å². The molecule has 1 rings (SSSR count). The fourth-order valence-corrected chi connectivity index (χ4v) is 2.87. The van der Waals surface area contributed by atoms with Crippen LogP contribution in [0.4, 0.5) is 13.2 Å². The van der Waals surface area contributed by atoms with Crippen molar-refractivity contribution < 1.29 is 13.2 Å². The van der Waals surface area contributed by atoms with Gasteiger partial charge in [-0.3, -0.25) is 4.90 Å². The van der Waals surface area contributed by atoms with Crippen molar-refractivity contribution in [2.24, 2.45) is 5.41 Å². The number of hydrogen-bond donors (Lipinski definition) is 1. The van der Waals surface area contributed by atoms with Crippen molar-refractivity contribution in [1.82, 2.24) is 10.2 Å². The Morgan fingerprint density at radius 1 is 1.22 bits per heavy atom. The third kappa shape index (κ3) is 5.57. The first-order chi connectivity index (χ1) is 8.22. The van der Waals surface area contributed by atoms with Crippen LogP contribution in [0.3, 0.4) is 0 Å². The molecule has 1 fully saturated rings. The number of nitrogens with one attached hydrogen (secondary N) is 1. The maximum Gasteiger partial charge on any atom is 0.401 e. The lowest BCUT2D eigenvalue weighted by atomic mass is 9.85. The summed E-state index contributed by atoms with van der Waals surface area (Å²) in [4.78, 5) is 1.42. The summed E-state index contributed by atoms with van der Waals surface area (Å²) in [6, 6.07) is 0.385. The van der Waals surface area contributed by atoms with Gasteiger partial charge in [0, 0.05) is 19.1 Å². The molecule has 0 aromatic rings. The van der Waals surface area contributed by atoms with E-state index < -0.39 is 12.7 Å². The normalized spacial score (nSPS) is 20.0. The quantitative estimate of drug-likeness (QED) is 0.795. The van der Waals surface area contributed by atoms with Gasteiger partial charge in [0.25, 0.3) is 0 Å². The van der Waals surface area contributed by atoms with E-state index in [4.69, 9.17) is 0 Å². The maximum absolute atomic E-state index is 12.4. The minimum Gasteiger partial charge on any atom is -0.314 e. The summed E-state index contributed by atoms with van der Waals surface area (Å²) in [5.74, 6) is 0. The van der Waals surface area contributed by atoms with Crippen molar-refractivity contribution in [2.75, 3.05) is 26.7 Å². The standard InChI is InChI=1S/C13H25F3N2/c1-11(2)17-8-12(6-4-5-7-12)9-18(3)10-13(14,15)16/h11,17H,4-10H2,1-3H3. The molecule has 0 aliphatic heterocycles. The van der Waals surface area contributed by atoms with Gasteiger partial charge in [-0.25, -0.2) is 0 Å². The van der Waals surface area contributed by atoms with Gasteiger partial charge in [0.05, 0.1) is 6.54 Å². The first-order valence-electron chi connectivity index (χ1n) is 6.71. The minimum absolute atomic E-state index is 0.0320. The van der Waals surface area contributed by atoms with Crippen molar-refractivity contribution in [3.05, 3.63) is 0 Å². The highest BCUT2D eigenvalue weighted by atomic mass is 19.4. The summed E-state index contributed by atoms with van der Waals surface area (Å²) in [6.07, 6.45) is 0.253. The summed E-state index contributed by atoms with van der Waals surface area (Å²) < 4.78 is 37.1. The van der Waals surface area contributed by atoms with Crippen LogP contribution >= 0.6 is 0 Å². The molecule has 0 heterocycles. The fourth-order valence-electron chi connectivity index (χ4n) is 2.87. The molecule has 0 spiro atoms. The van der Waals surface area contributed by atoms with Crippen LogP contribution in [0, 0.1) is 5.41 Å². The molecule has 0 amide bonds. The second kappa shape index (κ2) is 6.24. The Bertz CT molecular complexity index is 245. The van der Waals surface area contributed by atoms with Crippen molar-refractivity contribution in [1.29, 1.82) is 0 Å². The van der Waals surface area contributed by atoms with Crippen LogP contribution in [0.2, 0.25) is 0 Å². The molecule has 0 unspecified atom stereocenters. The molecule has 5 heteroatoms. The second-order valence-corrected chi connectivity index (χ2v) is 6.03. The monoisotopic (exact) mass is 266 g/mol. The van der Waals surface area contributed by atoms with Crippen LogP contribution in [0.5, 0.6) is 0 Å². The van der Waals surface area contributed by atoms with Crippen LogP contribution in [0.15, 0.2) is 0 Å². The lowest BCUT2D eigenvalue weighted by Crippen LogP contribution is -2.45. The molecule has 108 valence electrons. The van der Waals surface area contributed by atoms with E-state index in [0.29, 0.717) is 12.6 Å². The summed E-state index contributed by atoms with van der Waals surface area (Å²) in [7, 11) is 1.57. The van der Waals surface area contributed by atoms with Crippen LogP contribution in [0.1, 0.15) is 39.5 Å². The van der Waals surface area contributed by atoms with Crippen molar-refractivity contribution in [3.63, 3.8) is 0 Å². The van der Waals surface area contributed by atoms with Crippen LogP contribution in [-0.4, -0.2) is 43.8 Å². The predicted octanol–water partition coefficient (Wildman–Crippen LogP) is 3.04. The zero-order chi connectivity index (χ0) is 13.8. The Kier molecular flexibility index (Phi) is 5.46. The van der Waals surface area contributed by atoms with Crippen LogP contribution in [-0.2, 0) is 0 Å². The molecule has 0 radical (unpaired) electrons. The van der Waals surface area contributed by atoms with Gasteiger partial charge in [-0.2, -0.15) is 13.2 Å². The largest absolute Gasteiger partial charge is 0.401 e. The zero-order valence-electron chi connectivity index (χ0n) is 11.6. The Morgan fingerprint density at radius 3 is 2.22 bits per heavy atom. The summed E-state index contributed by atoms with van der Waals surface area (Å²) in [6.45, 7) is 4.69. The third-order valence-corrected chi connectivity index (χ3v) is 3.60. The third-order valence-electron chi connectivity index (χ3n) is 3.60. The van der Waals surface area contributed by atoms with Gasteiger partial charge < -0.3 is 5.32 Å². The second-order valence-electron chi connectivity index (χ2n) is 6.03. The Balaban J connectivity index is 2.51. The summed E-state index contributed by atoms with van der Waals surface area (Å²) in [5.41, 5.74) is 0.0320. The lowest BCUT2D eigenvalue weighted by Gasteiger charge is -2.35. The molecule has 1 N–H and O–H groups in total. The summed E-state index contributed by atoms with van der Waals surface area (Å²) >= 11 is 0. The maximum atomic E-state index is 12.4. The molecule has 18 heavy (non-hydrogen) atoms. The molecule has 0 aromatic heterocycles. The molecule has 1 aliphatic carbocycles. The van der Waals surface area contributed by atoms with E-state index in [0.717, 1.165) is 32.2 Å². The van der Waals surface area contributed by atoms with Gasteiger partial charge in [-0.1, -0.05) is 26.7 Å². The lowest BCUT2D eigenvalue weighted by molar-refractivity contribution is -0.145. The van der Waals surface area contributed by atoms with Crippen molar-refractivity contribution >= 4 is 0 Å². The Labute approximate surface area is 108 Å². The van der Waals surface area contributed by atoms with Crippen molar-refractivity contribution in [3.8, 4) is 0 Å². The first kappa shape index (κ1) is 15.8. The average Bonchev–Trinajstić information content (AvgIpc) is 2.61. The molecule has 0 bridgehead atoms. The molecule has 2 nitrogen and oxygen atoms in total. The predicted molar refractivity (Wildman–Crippen MR) is 67.6 cm³/mol. The first-order valence-corrected chi connectivity index (χ1v) is 6.71. The zero-order valence-corrected chi connectivity index (χ0v) is 11.6. The highest BCUT2D eigenvalue weighted by Crippen LogP contribution is 2.38. The number of halogens is 3. The van der Waals surface area contributed by atoms with Crippen LogP contribution < -0.4 is 5.32 Å². The van der Waals surface area contributed by atoms with Gasteiger partial charge >= 0.3 is 6.18 Å². The van der Waals surface area contributed by atoms with Gasteiger partial charge in [0.15, 0.2) is 0 Å².